The third-order valence-electron chi connectivity index (χ3n) is 4.48. The van der Waals surface area contributed by atoms with Crippen molar-refractivity contribution in [3.63, 3.8) is 0 Å². The van der Waals surface area contributed by atoms with Crippen LogP contribution in [0.15, 0.2) is 0 Å². The van der Waals surface area contributed by atoms with Crippen LogP contribution in [0, 0.1) is 11.8 Å². The number of ether oxygens (including phenoxy) is 2. The van der Waals surface area contributed by atoms with Gasteiger partial charge in [-0.05, 0) is 64.2 Å². The van der Waals surface area contributed by atoms with Crippen molar-refractivity contribution < 1.29 is 19.1 Å². The summed E-state index contributed by atoms with van der Waals surface area (Å²) in [5.74, 6) is 0.714. The van der Waals surface area contributed by atoms with Crippen molar-refractivity contribution in [2.24, 2.45) is 11.8 Å². The highest BCUT2D eigenvalue weighted by atomic mass is 16.5. The van der Waals surface area contributed by atoms with Crippen molar-refractivity contribution in [3.05, 3.63) is 0 Å². The van der Waals surface area contributed by atoms with Crippen LogP contribution in [0.4, 0.5) is 0 Å². The summed E-state index contributed by atoms with van der Waals surface area (Å²) in [5, 5.41) is 0. The van der Waals surface area contributed by atoms with E-state index >= 15 is 0 Å². The van der Waals surface area contributed by atoms with Crippen molar-refractivity contribution in [2.75, 3.05) is 0 Å². The quantitative estimate of drug-likeness (QED) is 0.627. The van der Waals surface area contributed by atoms with Gasteiger partial charge >= 0.3 is 11.9 Å². The fourth-order valence-corrected chi connectivity index (χ4v) is 2.74. The predicted octanol–water partition coefficient (Wildman–Crippen LogP) is 4.26. The van der Waals surface area contributed by atoms with Crippen LogP contribution >= 0.6 is 0 Å². The molecule has 0 aromatic rings. The van der Waals surface area contributed by atoms with Gasteiger partial charge in [0.1, 0.15) is 0 Å². The number of rotatable bonds is 0. The van der Waals surface area contributed by atoms with E-state index in [1.54, 1.807) is 0 Å². The van der Waals surface area contributed by atoms with E-state index in [0.717, 1.165) is 38.5 Å². The van der Waals surface area contributed by atoms with Gasteiger partial charge in [-0.1, -0.05) is 13.8 Å². The monoisotopic (exact) mass is 312 g/mol. The SMILES string of the molecule is C[C@H]1CCC(=O)O[C@@H](C)CC[C@@H](C)CCC(=O)O[C@@H](C)CC1. The molecule has 1 saturated heterocycles. The summed E-state index contributed by atoms with van der Waals surface area (Å²) in [6, 6.07) is 0. The number of hydrogen-bond donors (Lipinski definition) is 0. The molecule has 4 atom stereocenters. The first-order valence-corrected chi connectivity index (χ1v) is 8.75. The number of hydrogen-bond acceptors (Lipinski definition) is 4. The summed E-state index contributed by atoms with van der Waals surface area (Å²) in [7, 11) is 0. The van der Waals surface area contributed by atoms with E-state index in [4.69, 9.17) is 9.47 Å². The van der Waals surface area contributed by atoms with Gasteiger partial charge in [0.15, 0.2) is 0 Å². The van der Waals surface area contributed by atoms with E-state index in [1.807, 2.05) is 13.8 Å². The lowest BCUT2D eigenvalue weighted by molar-refractivity contribution is -0.149. The van der Waals surface area contributed by atoms with Crippen LogP contribution in [0.2, 0.25) is 0 Å². The molecule has 4 heteroatoms. The van der Waals surface area contributed by atoms with Gasteiger partial charge in [-0.25, -0.2) is 0 Å². The second kappa shape index (κ2) is 9.86. The average Bonchev–Trinajstić information content (AvgIpc) is 2.46. The van der Waals surface area contributed by atoms with Crippen LogP contribution < -0.4 is 0 Å². The third kappa shape index (κ3) is 8.40. The summed E-state index contributed by atoms with van der Waals surface area (Å²) in [6.07, 6.45) is 6.20. The van der Waals surface area contributed by atoms with Crippen LogP contribution in [-0.4, -0.2) is 24.1 Å². The Morgan fingerprint density at radius 1 is 0.636 bits per heavy atom. The number of cyclic esters (lactones) is 2. The minimum atomic E-state index is -0.0847. The summed E-state index contributed by atoms with van der Waals surface area (Å²) < 4.78 is 10.9. The summed E-state index contributed by atoms with van der Waals surface area (Å²) >= 11 is 0. The Morgan fingerprint density at radius 2 is 1.00 bits per heavy atom. The first-order chi connectivity index (χ1) is 10.4. The van der Waals surface area contributed by atoms with Crippen LogP contribution in [0.3, 0.4) is 0 Å². The van der Waals surface area contributed by atoms with Crippen molar-refractivity contribution in [2.45, 2.75) is 91.3 Å². The molecular formula is C18H32O4. The molecule has 0 radical (unpaired) electrons. The standard InChI is InChI=1S/C18H32O4/c1-13-5-9-15(3)21-18(20)12-8-14(2)6-10-16(4)22-17(19)11-7-13/h13-16H,5-12H2,1-4H3/t13-,14-,15+,16+/m1/s1. The van der Waals surface area contributed by atoms with Gasteiger partial charge in [0.25, 0.3) is 0 Å². The Balaban J connectivity index is 2.55. The molecule has 1 aliphatic rings. The molecular weight excluding hydrogens is 280 g/mol. The molecule has 0 saturated carbocycles. The van der Waals surface area contributed by atoms with E-state index in [2.05, 4.69) is 13.8 Å². The predicted molar refractivity (Wildman–Crippen MR) is 86.4 cm³/mol. The molecule has 0 bridgehead atoms. The van der Waals surface area contributed by atoms with E-state index in [0.29, 0.717) is 24.7 Å². The normalized spacial score (nSPS) is 33.8. The van der Waals surface area contributed by atoms with E-state index in [1.165, 1.54) is 0 Å². The lowest BCUT2D eigenvalue weighted by Crippen LogP contribution is -2.19. The van der Waals surface area contributed by atoms with Crippen molar-refractivity contribution >= 4 is 11.9 Å². The summed E-state index contributed by atoms with van der Waals surface area (Å²) in [4.78, 5) is 23.7. The van der Waals surface area contributed by atoms with Gasteiger partial charge < -0.3 is 9.47 Å². The third-order valence-corrected chi connectivity index (χ3v) is 4.48. The van der Waals surface area contributed by atoms with Gasteiger partial charge in [0.05, 0.1) is 12.2 Å². The molecule has 0 amide bonds. The Hall–Kier alpha value is -1.06. The fourth-order valence-electron chi connectivity index (χ4n) is 2.74. The van der Waals surface area contributed by atoms with Crippen LogP contribution in [-0.2, 0) is 19.1 Å². The number of carbonyl (C=O) groups excluding carboxylic acids is 2. The van der Waals surface area contributed by atoms with Gasteiger partial charge in [-0.15, -0.1) is 0 Å². The van der Waals surface area contributed by atoms with E-state index < -0.39 is 0 Å². The molecule has 1 fully saturated rings. The van der Waals surface area contributed by atoms with E-state index in [-0.39, 0.29) is 24.1 Å². The Bertz CT molecular complexity index is 319. The molecule has 0 spiro atoms. The topological polar surface area (TPSA) is 52.6 Å². The maximum Gasteiger partial charge on any atom is 0.306 e. The first kappa shape index (κ1) is 19.0. The van der Waals surface area contributed by atoms with Crippen molar-refractivity contribution in [3.8, 4) is 0 Å². The largest absolute Gasteiger partial charge is 0.463 e. The molecule has 0 aromatic carbocycles. The summed E-state index contributed by atoms with van der Waals surface area (Å²) in [5.41, 5.74) is 0. The zero-order valence-electron chi connectivity index (χ0n) is 14.6. The zero-order valence-corrected chi connectivity index (χ0v) is 14.6. The fraction of sp³-hybridized carbons (Fsp3) is 0.889. The smallest absolute Gasteiger partial charge is 0.306 e. The molecule has 1 heterocycles. The molecule has 0 aromatic heterocycles. The minimum absolute atomic E-state index is 0.0369. The minimum Gasteiger partial charge on any atom is -0.463 e. The molecule has 0 N–H and O–H groups in total. The van der Waals surface area contributed by atoms with E-state index in [9.17, 15) is 9.59 Å². The highest BCUT2D eigenvalue weighted by molar-refractivity contribution is 5.69. The van der Waals surface area contributed by atoms with Gasteiger partial charge in [0, 0.05) is 12.8 Å². The summed E-state index contributed by atoms with van der Waals surface area (Å²) in [6.45, 7) is 8.17. The Kier molecular flexibility index (Phi) is 8.51. The molecule has 128 valence electrons. The Labute approximate surface area is 134 Å². The second-order valence-electron chi connectivity index (χ2n) is 7.04. The highest BCUT2D eigenvalue weighted by Gasteiger charge is 2.17. The van der Waals surface area contributed by atoms with Crippen molar-refractivity contribution in [1.82, 2.24) is 0 Å². The Morgan fingerprint density at radius 3 is 1.36 bits per heavy atom. The number of esters is 2. The van der Waals surface area contributed by atoms with Crippen LogP contribution in [0.5, 0.6) is 0 Å². The van der Waals surface area contributed by atoms with Gasteiger partial charge in [-0.2, -0.15) is 0 Å². The molecule has 0 unspecified atom stereocenters. The lowest BCUT2D eigenvalue weighted by atomic mass is 9.97. The van der Waals surface area contributed by atoms with Crippen molar-refractivity contribution in [1.29, 1.82) is 0 Å². The maximum absolute atomic E-state index is 11.8. The van der Waals surface area contributed by atoms with Crippen LogP contribution in [0.1, 0.15) is 79.1 Å². The molecule has 1 rings (SSSR count). The second-order valence-corrected chi connectivity index (χ2v) is 7.04. The molecule has 0 aliphatic carbocycles. The van der Waals surface area contributed by atoms with Gasteiger partial charge in [-0.3, -0.25) is 9.59 Å². The molecule has 4 nitrogen and oxygen atoms in total. The zero-order chi connectivity index (χ0) is 16.5. The maximum atomic E-state index is 11.8. The average molecular weight is 312 g/mol. The van der Waals surface area contributed by atoms with Gasteiger partial charge in [0.2, 0.25) is 0 Å². The van der Waals surface area contributed by atoms with Crippen LogP contribution in [0.25, 0.3) is 0 Å². The molecule has 22 heavy (non-hydrogen) atoms. The first-order valence-electron chi connectivity index (χ1n) is 8.75. The highest BCUT2D eigenvalue weighted by Crippen LogP contribution is 2.20. The number of carbonyl (C=O) groups is 2. The molecule has 1 aliphatic heterocycles. The lowest BCUT2D eigenvalue weighted by Gasteiger charge is -2.19.